The van der Waals surface area contributed by atoms with Gasteiger partial charge in [-0.1, -0.05) is 0 Å². The number of nitrogens with one attached hydrogen (secondary N) is 1. The van der Waals surface area contributed by atoms with Crippen LogP contribution in [0.15, 0.2) is 0 Å². The first kappa shape index (κ1) is 8.43. The molecular weight excluding hydrogens is 117 g/mol. The Kier molecular flexibility index (Phi) is 3.64. The third kappa shape index (κ3) is 3.43. The molecule has 1 aliphatic rings. The van der Waals surface area contributed by atoms with Gasteiger partial charge in [-0.25, -0.2) is 0 Å². The van der Waals surface area contributed by atoms with Crippen molar-refractivity contribution in [2.75, 3.05) is 6.54 Å². The molecule has 3 nitrogen and oxygen atoms in total. The van der Waals surface area contributed by atoms with E-state index in [9.17, 15) is 4.79 Å². The molecule has 0 saturated carbocycles. The number of carboxylic acids is 1. The third-order valence-corrected chi connectivity index (χ3v) is 0.914. The number of carboxylic acid groups (broad SMARTS) is 1. The normalized spacial score (nSPS) is 23.8. The number of rotatable bonds is 2. The minimum absolute atomic E-state index is 0. The second-order valence-electron chi connectivity index (χ2n) is 1.70. The maximum atomic E-state index is 9.81. The SMILES string of the molecule is O=C(O)CC1CN1.[H-].[Na+]. The molecular formula is C4H8NNaO2. The van der Waals surface area contributed by atoms with Crippen LogP contribution >= 0.6 is 0 Å². The van der Waals surface area contributed by atoms with Gasteiger partial charge < -0.3 is 11.8 Å². The Morgan fingerprint density at radius 1 is 2.00 bits per heavy atom. The summed E-state index contributed by atoms with van der Waals surface area (Å²) < 4.78 is 0. The molecule has 1 atom stereocenters. The van der Waals surface area contributed by atoms with Crippen molar-refractivity contribution in [3.8, 4) is 0 Å². The van der Waals surface area contributed by atoms with Gasteiger partial charge in [0.25, 0.3) is 0 Å². The zero-order valence-corrected chi connectivity index (χ0v) is 6.85. The predicted octanol–water partition coefficient (Wildman–Crippen LogP) is -3.45. The largest absolute Gasteiger partial charge is 1.00 e. The van der Waals surface area contributed by atoms with Crippen LogP contribution in [0.2, 0.25) is 0 Å². The molecule has 0 spiro atoms. The van der Waals surface area contributed by atoms with Gasteiger partial charge in [0.2, 0.25) is 0 Å². The maximum absolute atomic E-state index is 9.81. The van der Waals surface area contributed by atoms with E-state index < -0.39 is 5.97 Å². The van der Waals surface area contributed by atoms with Crippen molar-refractivity contribution in [3.05, 3.63) is 0 Å². The molecule has 0 bridgehead atoms. The molecule has 2 N–H and O–H groups in total. The van der Waals surface area contributed by atoms with Crippen molar-refractivity contribution in [1.29, 1.82) is 0 Å². The fourth-order valence-corrected chi connectivity index (χ4v) is 0.438. The van der Waals surface area contributed by atoms with E-state index in [1.807, 2.05) is 0 Å². The van der Waals surface area contributed by atoms with Crippen LogP contribution in [0.5, 0.6) is 0 Å². The summed E-state index contributed by atoms with van der Waals surface area (Å²) in [6, 6.07) is 0.275. The quantitative estimate of drug-likeness (QED) is 0.298. The topological polar surface area (TPSA) is 59.2 Å². The minimum Gasteiger partial charge on any atom is -1.00 e. The summed E-state index contributed by atoms with van der Waals surface area (Å²) in [6.45, 7) is 0.881. The number of hydrogen-bond acceptors (Lipinski definition) is 2. The van der Waals surface area contributed by atoms with E-state index in [2.05, 4.69) is 5.32 Å². The van der Waals surface area contributed by atoms with Gasteiger partial charge in [0.1, 0.15) is 0 Å². The zero-order chi connectivity index (χ0) is 5.28. The van der Waals surface area contributed by atoms with Gasteiger partial charge in [0.05, 0.1) is 6.42 Å². The van der Waals surface area contributed by atoms with Crippen molar-refractivity contribution >= 4 is 5.97 Å². The second kappa shape index (κ2) is 3.45. The first-order valence-electron chi connectivity index (χ1n) is 2.24. The molecule has 8 heavy (non-hydrogen) atoms. The Balaban J connectivity index is 0. The van der Waals surface area contributed by atoms with Crippen LogP contribution in [0.4, 0.5) is 0 Å². The van der Waals surface area contributed by atoms with E-state index in [0.29, 0.717) is 0 Å². The molecule has 0 aromatic heterocycles. The van der Waals surface area contributed by atoms with Gasteiger partial charge in [0, 0.05) is 12.6 Å². The fraction of sp³-hybridized carbons (Fsp3) is 0.750. The van der Waals surface area contributed by atoms with Gasteiger partial charge in [-0.2, -0.15) is 0 Å². The molecule has 0 amide bonds. The standard InChI is InChI=1S/C4H7NO2.Na.H/c6-4(7)1-3-2-5-3;;/h3,5H,1-2H2,(H,6,7);;/q;+1;-1. The molecule has 0 aliphatic carbocycles. The predicted molar refractivity (Wildman–Crippen MR) is 25.2 cm³/mol. The van der Waals surface area contributed by atoms with Crippen LogP contribution in [0, 0.1) is 0 Å². The molecule has 1 heterocycles. The third-order valence-electron chi connectivity index (χ3n) is 0.914. The minimum atomic E-state index is -0.713. The molecule has 4 heteroatoms. The fourth-order valence-electron chi connectivity index (χ4n) is 0.438. The van der Waals surface area contributed by atoms with Gasteiger partial charge in [-0.15, -0.1) is 0 Å². The van der Waals surface area contributed by atoms with E-state index in [0.717, 1.165) is 6.54 Å². The molecule has 0 aromatic rings. The van der Waals surface area contributed by atoms with Crippen molar-refractivity contribution in [2.45, 2.75) is 12.5 Å². The number of aliphatic carboxylic acids is 1. The Morgan fingerprint density at radius 3 is 2.62 bits per heavy atom. The smallest absolute Gasteiger partial charge is 1.00 e. The van der Waals surface area contributed by atoms with Crippen molar-refractivity contribution in [2.24, 2.45) is 0 Å². The monoisotopic (exact) mass is 125 g/mol. The van der Waals surface area contributed by atoms with Crippen LogP contribution in [0.3, 0.4) is 0 Å². The molecule has 1 unspecified atom stereocenters. The van der Waals surface area contributed by atoms with Crippen LogP contribution in [0.25, 0.3) is 0 Å². The molecule has 0 aromatic carbocycles. The Hall–Kier alpha value is 0.430. The molecule has 0 radical (unpaired) electrons. The first-order chi connectivity index (χ1) is 3.29. The van der Waals surface area contributed by atoms with Crippen molar-refractivity contribution in [3.63, 3.8) is 0 Å². The molecule has 1 rings (SSSR count). The summed E-state index contributed by atoms with van der Waals surface area (Å²) in [5, 5.41) is 11.0. The summed E-state index contributed by atoms with van der Waals surface area (Å²) in [5.74, 6) is -0.713. The molecule has 1 aliphatic heterocycles. The summed E-state index contributed by atoms with van der Waals surface area (Å²) in [6.07, 6.45) is 0.278. The van der Waals surface area contributed by atoms with Crippen LogP contribution < -0.4 is 34.9 Å². The van der Waals surface area contributed by atoms with Gasteiger partial charge in [-0.3, -0.25) is 4.79 Å². The summed E-state index contributed by atoms with van der Waals surface area (Å²) in [4.78, 5) is 9.81. The number of carbonyl (C=O) groups is 1. The summed E-state index contributed by atoms with van der Waals surface area (Å²) >= 11 is 0. The van der Waals surface area contributed by atoms with Crippen molar-refractivity contribution < 1.29 is 40.9 Å². The maximum Gasteiger partial charge on any atom is 1.00 e. The number of hydrogen-bond donors (Lipinski definition) is 2. The van der Waals surface area contributed by atoms with Gasteiger partial charge >= 0.3 is 35.5 Å². The molecule has 1 saturated heterocycles. The summed E-state index contributed by atoms with van der Waals surface area (Å²) in [7, 11) is 0. The first-order valence-corrected chi connectivity index (χ1v) is 2.24. The van der Waals surface area contributed by atoms with E-state index in [-0.39, 0.29) is 43.4 Å². The zero-order valence-electron chi connectivity index (χ0n) is 5.85. The van der Waals surface area contributed by atoms with Crippen molar-refractivity contribution in [1.82, 2.24) is 5.32 Å². The van der Waals surface area contributed by atoms with E-state index in [4.69, 9.17) is 5.11 Å². The van der Waals surface area contributed by atoms with Gasteiger partial charge in [-0.05, 0) is 0 Å². The van der Waals surface area contributed by atoms with Crippen LogP contribution in [-0.2, 0) is 4.79 Å². The van der Waals surface area contributed by atoms with E-state index in [1.54, 1.807) is 0 Å². The Bertz CT molecular complexity index is 96.6. The molecule has 1 fully saturated rings. The average Bonchev–Trinajstić information content (AvgIpc) is 2.17. The van der Waals surface area contributed by atoms with Crippen LogP contribution in [-0.4, -0.2) is 23.7 Å². The molecule has 42 valence electrons. The van der Waals surface area contributed by atoms with E-state index in [1.165, 1.54) is 0 Å². The van der Waals surface area contributed by atoms with Gasteiger partial charge in [0.15, 0.2) is 0 Å². The Morgan fingerprint density at radius 2 is 2.50 bits per heavy atom. The van der Waals surface area contributed by atoms with Crippen LogP contribution in [0.1, 0.15) is 7.85 Å². The van der Waals surface area contributed by atoms with E-state index >= 15 is 0 Å². The Labute approximate surface area is 71.2 Å². The second-order valence-corrected chi connectivity index (χ2v) is 1.70. The summed E-state index contributed by atoms with van der Waals surface area (Å²) in [5.41, 5.74) is 0. The average molecular weight is 125 g/mol.